The molecule has 0 atom stereocenters. The van der Waals surface area contributed by atoms with Gasteiger partial charge in [-0.15, -0.1) is 0 Å². The SMILES string of the molecule is CC(C)c1ccccc1NCCC(N)=O. The molecular weight excluding hydrogens is 188 g/mol. The molecule has 0 aliphatic heterocycles. The van der Waals surface area contributed by atoms with E-state index >= 15 is 0 Å². The molecule has 3 nitrogen and oxygen atoms in total. The van der Waals surface area contributed by atoms with Crippen molar-refractivity contribution >= 4 is 11.6 Å². The molecule has 1 rings (SSSR count). The summed E-state index contributed by atoms with van der Waals surface area (Å²) in [6.07, 6.45) is 0.367. The zero-order chi connectivity index (χ0) is 11.3. The maximum Gasteiger partial charge on any atom is 0.219 e. The van der Waals surface area contributed by atoms with Gasteiger partial charge in [0.1, 0.15) is 0 Å². The number of nitrogens with two attached hydrogens (primary N) is 1. The Hall–Kier alpha value is -1.51. The van der Waals surface area contributed by atoms with Gasteiger partial charge in [-0.3, -0.25) is 4.79 Å². The maximum atomic E-state index is 10.6. The summed E-state index contributed by atoms with van der Waals surface area (Å²) >= 11 is 0. The van der Waals surface area contributed by atoms with Crippen molar-refractivity contribution < 1.29 is 4.79 Å². The van der Waals surface area contributed by atoms with Gasteiger partial charge >= 0.3 is 0 Å². The lowest BCUT2D eigenvalue weighted by molar-refractivity contribution is -0.117. The number of hydrogen-bond acceptors (Lipinski definition) is 2. The summed E-state index contributed by atoms with van der Waals surface area (Å²) in [5.74, 6) is 0.201. The monoisotopic (exact) mass is 206 g/mol. The highest BCUT2D eigenvalue weighted by Gasteiger charge is 2.04. The average molecular weight is 206 g/mol. The molecule has 0 aromatic heterocycles. The van der Waals surface area contributed by atoms with E-state index in [1.54, 1.807) is 0 Å². The van der Waals surface area contributed by atoms with Gasteiger partial charge in [-0.25, -0.2) is 0 Å². The van der Waals surface area contributed by atoms with E-state index in [9.17, 15) is 4.79 Å². The standard InChI is InChI=1S/C12H18N2O/c1-9(2)10-5-3-4-6-11(10)14-8-7-12(13)15/h3-6,9,14H,7-8H2,1-2H3,(H2,13,15). The van der Waals surface area contributed by atoms with Crippen molar-refractivity contribution in [2.24, 2.45) is 5.73 Å². The largest absolute Gasteiger partial charge is 0.384 e. The number of carbonyl (C=O) groups excluding carboxylic acids is 1. The fourth-order valence-corrected chi connectivity index (χ4v) is 1.48. The minimum absolute atomic E-state index is 0.274. The minimum atomic E-state index is -0.274. The van der Waals surface area contributed by atoms with Gasteiger partial charge < -0.3 is 11.1 Å². The van der Waals surface area contributed by atoms with Crippen LogP contribution in [0.4, 0.5) is 5.69 Å². The third kappa shape index (κ3) is 3.62. The Morgan fingerprint density at radius 3 is 2.67 bits per heavy atom. The van der Waals surface area contributed by atoms with Crippen molar-refractivity contribution in [3.8, 4) is 0 Å². The summed E-state index contributed by atoms with van der Waals surface area (Å²) in [7, 11) is 0. The molecule has 15 heavy (non-hydrogen) atoms. The van der Waals surface area contributed by atoms with E-state index < -0.39 is 0 Å². The molecule has 0 unspecified atom stereocenters. The van der Waals surface area contributed by atoms with Crippen molar-refractivity contribution in [1.82, 2.24) is 0 Å². The molecule has 0 aliphatic rings. The number of primary amides is 1. The van der Waals surface area contributed by atoms with Crippen molar-refractivity contribution in [1.29, 1.82) is 0 Å². The van der Waals surface area contributed by atoms with Crippen LogP contribution in [0.2, 0.25) is 0 Å². The second-order valence-corrected chi connectivity index (χ2v) is 3.89. The van der Waals surface area contributed by atoms with Crippen LogP contribution >= 0.6 is 0 Å². The number of amides is 1. The summed E-state index contributed by atoms with van der Waals surface area (Å²) in [6, 6.07) is 8.13. The normalized spacial score (nSPS) is 10.3. The zero-order valence-electron chi connectivity index (χ0n) is 9.29. The average Bonchev–Trinajstić information content (AvgIpc) is 2.17. The fourth-order valence-electron chi connectivity index (χ4n) is 1.48. The third-order valence-corrected chi connectivity index (χ3v) is 2.27. The van der Waals surface area contributed by atoms with E-state index in [0.29, 0.717) is 18.9 Å². The number of nitrogens with one attached hydrogen (secondary N) is 1. The van der Waals surface area contributed by atoms with Crippen molar-refractivity contribution in [2.45, 2.75) is 26.2 Å². The Labute approximate surface area is 90.7 Å². The highest BCUT2D eigenvalue weighted by atomic mass is 16.1. The van der Waals surface area contributed by atoms with Crippen LogP contribution < -0.4 is 11.1 Å². The van der Waals surface area contributed by atoms with Gasteiger partial charge in [0.2, 0.25) is 5.91 Å². The molecule has 3 heteroatoms. The topological polar surface area (TPSA) is 55.1 Å². The van der Waals surface area contributed by atoms with E-state index in [0.717, 1.165) is 5.69 Å². The highest BCUT2D eigenvalue weighted by molar-refractivity contribution is 5.74. The summed E-state index contributed by atoms with van der Waals surface area (Å²) in [6.45, 7) is 4.89. The van der Waals surface area contributed by atoms with E-state index in [1.807, 2.05) is 18.2 Å². The Kier molecular flexibility index (Phi) is 4.16. The first-order valence-corrected chi connectivity index (χ1v) is 5.22. The number of rotatable bonds is 5. The summed E-state index contributed by atoms with van der Waals surface area (Å²) in [5, 5.41) is 3.23. The molecule has 1 aromatic carbocycles. The van der Waals surface area contributed by atoms with Crippen LogP contribution in [-0.2, 0) is 4.79 Å². The molecular formula is C12H18N2O. The van der Waals surface area contributed by atoms with E-state index in [-0.39, 0.29) is 5.91 Å². The molecule has 0 saturated carbocycles. The van der Waals surface area contributed by atoms with Crippen LogP contribution in [-0.4, -0.2) is 12.5 Å². The van der Waals surface area contributed by atoms with Crippen molar-refractivity contribution in [3.63, 3.8) is 0 Å². The molecule has 0 aliphatic carbocycles. The first kappa shape index (κ1) is 11.6. The smallest absolute Gasteiger partial charge is 0.219 e. The summed E-state index contributed by atoms with van der Waals surface area (Å²) in [5.41, 5.74) is 7.43. The molecule has 0 fully saturated rings. The van der Waals surface area contributed by atoms with E-state index in [1.165, 1.54) is 5.56 Å². The predicted octanol–water partition coefficient (Wildman–Crippen LogP) is 2.10. The highest BCUT2D eigenvalue weighted by Crippen LogP contribution is 2.23. The summed E-state index contributed by atoms with van der Waals surface area (Å²) < 4.78 is 0. The van der Waals surface area contributed by atoms with Crippen molar-refractivity contribution in [2.75, 3.05) is 11.9 Å². The molecule has 82 valence electrons. The molecule has 1 amide bonds. The van der Waals surface area contributed by atoms with Gasteiger partial charge in [-0.2, -0.15) is 0 Å². The van der Waals surface area contributed by atoms with Gasteiger partial charge in [0.15, 0.2) is 0 Å². The number of carbonyl (C=O) groups is 1. The Balaban J connectivity index is 2.63. The Morgan fingerprint density at radius 1 is 1.40 bits per heavy atom. The van der Waals surface area contributed by atoms with Crippen LogP contribution in [0.15, 0.2) is 24.3 Å². The minimum Gasteiger partial charge on any atom is -0.384 e. The first-order valence-electron chi connectivity index (χ1n) is 5.22. The number of para-hydroxylation sites is 1. The lowest BCUT2D eigenvalue weighted by Crippen LogP contribution is -2.16. The summed E-state index contributed by atoms with van der Waals surface area (Å²) in [4.78, 5) is 10.6. The van der Waals surface area contributed by atoms with Crippen LogP contribution in [0.25, 0.3) is 0 Å². The number of benzene rings is 1. The van der Waals surface area contributed by atoms with Gasteiger partial charge in [-0.1, -0.05) is 32.0 Å². The van der Waals surface area contributed by atoms with Crippen LogP contribution in [0, 0.1) is 0 Å². The van der Waals surface area contributed by atoms with Crippen LogP contribution in [0.5, 0.6) is 0 Å². The maximum absolute atomic E-state index is 10.6. The first-order chi connectivity index (χ1) is 7.11. The van der Waals surface area contributed by atoms with Gasteiger partial charge in [0, 0.05) is 18.7 Å². The lowest BCUT2D eigenvalue weighted by atomic mass is 10.0. The number of hydrogen-bond donors (Lipinski definition) is 2. The molecule has 0 heterocycles. The molecule has 0 radical (unpaired) electrons. The van der Waals surface area contributed by atoms with Gasteiger partial charge in [-0.05, 0) is 17.5 Å². The Bertz CT molecular complexity index is 334. The second-order valence-electron chi connectivity index (χ2n) is 3.89. The second kappa shape index (κ2) is 5.39. The molecule has 0 bridgehead atoms. The van der Waals surface area contributed by atoms with Crippen molar-refractivity contribution in [3.05, 3.63) is 29.8 Å². The van der Waals surface area contributed by atoms with Gasteiger partial charge in [0.25, 0.3) is 0 Å². The third-order valence-electron chi connectivity index (χ3n) is 2.27. The fraction of sp³-hybridized carbons (Fsp3) is 0.417. The Morgan fingerprint density at radius 2 is 2.07 bits per heavy atom. The molecule has 1 aromatic rings. The zero-order valence-corrected chi connectivity index (χ0v) is 9.29. The van der Waals surface area contributed by atoms with E-state index in [4.69, 9.17) is 5.73 Å². The molecule has 0 saturated heterocycles. The van der Waals surface area contributed by atoms with Crippen LogP contribution in [0.3, 0.4) is 0 Å². The van der Waals surface area contributed by atoms with Gasteiger partial charge in [0.05, 0.1) is 0 Å². The quantitative estimate of drug-likeness (QED) is 0.775. The van der Waals surface area contributed by atoms with E-state index in [2.05, 4.69) is 25.2 Å². The predicted molar refractivity (Wildman–Crippen MR) is 62.8 cm³/mol. The lowest BCUT2D eigenvalue weighted by Gasteiger charge is -2.13. The number of anilines is 1. The van der Waals surface area contributed by atoms with Crippen LogP contribution in [0.1, 0.15) is 31.7 Å². The molecule has 0 spiro atoms. The molecule has 3 N–H and O–H groups in total.